The van der Waals surface area contributed by atoms with Crippen LogP contribution in [0.2, 0.25) is 0 Å². The van der Waals surface area contributed by atoms with Gasteiger partial charge in [0.1, 0.15) is 11.6 Å². The molecule has 3 aromatic carbocycles. The second-order valence-electron chi connectivity index (χ2n) is 16.7. The molecule has 0 bridgehead atoms. The number of nitrogens with one attached hydrogen (secondary N) is 3. The third-order valence-electron chi connectivity index (χ3n) is 8.85. The molecule has 0 saturated heterocycles. The topological polar surface area (TPSA) is 166 Å². The van der Waals surface area contributed by atoms with E-state index in [1.54, 1.807) is 0 Å². The lowest BCUT2D eigenvalue weighted by Gasteiger charge is -2.32. The Morgan fingerprint density at radius 3 is 2.17 bits per heavy atom. The van der Waals surface area contributed by atoms with Gasteiger partial charge in [-0.15, -0.1) is 0 Å². The van der Waals surface area contributed by atoms with Crippen molar-refractivity contribution in [1.82, 2.24) is 16.0 Å². The lowest BCUT2D eigenvalue weighted by Crippen LogP contribution is -2.59. The van der Waals surface area contributed by atoms with Gasteiger partial charge in [-0.3, -0.25) is 23.7 Å². The van der Waals surface area contributed by atoms with Crippen molar-refractivity contribution in [3.63, 3.8) is 0 Å². The van der Waals surface area contributed by atoms with Gasteiger partial charge in [0.2, 0.25) is 23.6 Å². The summed E-state index contributed by atoms with van der Waals surface area (Å²) in [6.07, 6.45) is 4.94. The Morgan fingerprint density at radius 2 is 1.54 bits per heavy atom. The lowest BCUT2D eigenvalue weighted by atomic mass is 9.90. The highest BCUT2D eigenvalue weighted by molar-refractivity contribution is 7.53. The van der Waals surface area contributed by atoms with Crippen LogP contribution in [0.25, 0.3) is 10.8 Å². The standard InChI is InChI=1S/C42H57N4O7P/c1-40(2,3)52-54(51,53-41(4,5)6)27-28-19-21-30(22-20-28)32-16-11-13-29(23-33-17-12-15-31-14-9-10-18-34(31)33)26-44-38(49)35(25-36(43)47)45-39(50)42(7,8)46-37(48)24-32/h9-12,14-22,29,32,35H,13,23-27H2,1-8H3,(H2,43,47)(H,44,49)(H,45,50)(H,46,48)/t29-,32-,35-/m0/s1. The SMILES string of the molecule is CC(C)(C)OP(=O)(Cc1ccc([C@H]2C=CC[C@@H](Cc3cccc4ccccc34)CNC(=O)[C@H](CC(N)=O)NC(=O)C(C)(C)NC(=O)C2)cc1)OC(C)(C)C. The van der Waals surface area contributed by atoms with Crippen molar-refractivity contribution in [2.45, 2.75) is 116 Å². The molecule has 0 saturated carbocycles. The van der Waals surface area contributed by atoms with Crippen LogP contribution in [0.15, 0.2) is 78.9 Å². The Balaban J connectivity index is 1.67. The zero-order valence-corrected chi connectivity index (χ0v) is 33.8. The van der Waals surface area contributed by atoms with Crippen LogP contribution in [0.5, 0.6) is 0 Å². The molecule has 292 valence electrons. The highest BCUT2D eigenvalue weighted by Crippen LogP contribution is 2.57. The first-order chi connectivity index (χ1) is 25.1. The molecule has 0 radical (unpaired) electrons. The summed E-state index contributed by atoms with van der Waals surface area (Å²) in [5, 5.41) is 10.6. The van der Waals surface area contributed by atoms with Crippen molar-refractivity contribution in [2.75, 3.05) is 6.54 Å². The number of rotatable bonds is 9. The van der Waals surface area contributed by atoms with Gasteiger partial charge in [0, 0.05) is 18.9 Å². The second kappa shape index (κ2) is 17.4. The summed E-state index contributed by atoms with van der Waals surface area (Å²) in [7, 11) is -3.55. The molecule has 0 aromatic heterocycles. The van der Waals surface area contributed by atoms with E-state index in [0.29, 0.717) is 12.8 Å². The maximum Gasteiger partial charge on any atom is 0.336 e. The number of allylic oxidation sites excluding steroid dienone is 2. The van der Waals surface area contributed by atoms with Crippen LogP contribution < -0.4 is 21.7 Å². The van der Waals surface area contributed by atoms with E-state index >= 15 is 0 Å². The van der Waals surface area contributed by atoms with Crippen LogP contribution in [0.4, 0.5) is 0 Å². The second-order valence-corrected chi connectivity index (χ2v) is 18.6. The molecule has 4 rings (SSSR count). The number of carbonyl (C=O) groups is 4. The highest BCUT2D eigenvalue weighted by Gasteiger charge is 2.36. The van der Waals surface area contributed by atoms with E-state index in [2.05, 4.69) is 40.2 Å². The number of fused-ring (bicyclic) bond motifs is 1. The molecule has 0 fully saturated rings. The number of primary amides is 1. The Kier molecular flexibility index (Phi) is 13.7. The van der Waals surface area contributed by atoms with Gasteiger partial charge in [0.25, 0.3) is 0 Å². The van der Waals surface area contributed by atoms with E-state index in [-0.39, 0.29) is 36.9 Å². The van der Waals surface area contributed by atoms with Crippen molar-refractivity contribution in [2.24, 2.45) is 11.7 Å². The van der Waals surface area contributed by atoms with Crippen molar-refractivity contribution in [3.05, 3.63) is 95.6 Å². The molecule has 0 aliphatic carbocycles. The summed E-state index contributed by atoms with van der Waals surface area (Å²) in [6.45, 7) is 14.4. The predicted octanol–water partition coefficient (Wildman–Crippen LogP) is 6.83. The van der Waals surface area contributed by atoms with E-state index < -0.39 is 54.5 Å². The van der Waals surface area contributed by atoms with Gasteiger partial charge in [0.15, 0.2) is 0 Å². The van der Waals surface area contributed by atoms with Crippen LogP contribution in [-0.2, 0) is 45.4 Å². The van der Waals surface area contributed by atoms with Crippen LogP contribution in [0.3, 0.4) is 0 Å². The minimum Gasteiger partial charge on any atom is -0.370 e. The van der Waals surface area contributed by atoms with Gasteiger partial charge in [-0.1, -0.05) is 78.9 Å². The fourth-order valence-electron chi connectivity index (χ4n) is 6.54. The van der Waals surface area contributed by atoms with Gasteiger partial charge in [-0.25, -0.2) is 0 Å². The molecule has 1 heterocycles. The number of hydrogen-bond donors (Lipinski definition) is 4. The van der Waals surface area contributed by atoms with Crippen molar-refractivity contribution in [1.29, 1.82) is 0 Å². The van der Waals surface area contributed by atoms with Crippen molar-refractivity contribution in [3.8, 4) is 0 Å². The Morgan fingerprint density at radius 1 is 0.907 bits per heavy atom. The number of nitrogens with two attached hydrogens (primary N) is 1. The normalized spacial score (nSPS) is 20.7. The summed E-state index contributed by atoms with van der Waals surface area (Å²) < 4.78 is 26.0. The molecule has 0 spiro atoms. The van der Waals surface area contributed by atoms with E-state index in [1.165, 1.54) is 13.8 Å². The first-order valence-corrected chi connectivity index (χ1v) is 20.2. The van der Waals surface area contributed by atoms with E-state index in [1.807, 2.05) is 96.2 Å². The zero-order chi connectivity index (χ0) is 39.9. The lowest BCUT2D eigenvalue weighted by molar-refractivity contribution is -0.136. The minimum atomic E-state index is -3.55. The Labute approximate surface area is 319 Å². The molecule has 0 unspecified atom stereocenters. The molecule has 3 aromatic rings. The summed E-state index contributed by atoms with van der Waals surface area (Å²) >= 11 is 0. The molecular formula is C42H57N4O7P. The van der Waals surface area contributed by atoms with Crippen molar-refractivity contribution < 1.29 is 32.8 Å². The van der Waals surface area contributed by atoms with E-state index in [9.17, 15) is 23.7 Å². The summed E-state index contributed by atoms with van der Waals surface area (Å²) in [5.41, 5.74) is 5.41. The number of carbonyl (C=O) groups excluding carboxylic acids is 4. The van der Waals surface area contributed by atoms with Crippen LogP contribution in [0, 0.1) is 5.92 Å². The Hall–Kier alpha value is -4.31. The minimum absolute atomic E-state index is 0.0290. The Bertz CT molecular complexity index is 1870. The van der Waals surface area contributed by atoms with Crippen molar-refractivity contribution >= 4 is 42.0 Å². The van der Waals surface area contributed by atoms with Gasteiger partial charge < -0.3 is 30.7 Å². The molecule has 3 atom stereocenters. The third-order valence-corrected chi connectivity index (χ3v) is 11.3. The summed E-state index contributed by atoms with van der Waals surface area (Å²) in [5.74, 6) is -2.73. The van der Waals surface area contributed by atoms with E-state index in [4.69, 9.17) is 14.8 Å². The summed E-state index contributed by atoms with van der Waals surface area (Å²) in [6, 6.07) is 20.6. The first-order valence-electron chi connectivity index (χ1n) is 18.5. The quantitative estimate of drug-likeness (QED) is 0.137. The summed E-state index contributed by atoms with van der Waals surface area (Å²) in [4.78, 5) is 52.4. The molecule has 4 amide bonds. The molecule has 5 N–H and O–H groups in total. The van der Waals surface area contributed by atoms with E-state index in [0.717, 1.165) is 27.5 Å². The molecule has 1 aliphatic rings. The predicted molar refractivity (Wildman–Crippen MR) is 213 cm³/mol. The molecule has 1 aliphatic heterocycles. The molecule has 11 nitrogen and oxygen atoms in total. The molecule has 54 heavy (non-hydrogen) atoms. The smallest absolute Gasteiger partial charge is 0.336 e. The number of benzene rings is 3. The van der Waals surface area contributed by atoms with Crippen LogP contribution in [-0.4, -0.2) is 53.0 Å². The maximum absolute atomic E-state index is 14.0. The maximum atomic E-state index is 14.0. The van der Waals surface area contributed by atoms with Gasteiger partial charge in [-0.2, -0.15) is 0 Å². The van der Waals surface area contributed by atoms with Gasteiger partial charge >= 0.3 is 7.60 Å². The zero-order valence-electron chi connectivity index (χ0n) is 32.9. The van der Waals surface area contributed by atoms with Gasteiger partial charge in [-0.05, 0) is 102 Å². The van der Waals surface area contributed by atoms with Gasteiger partial charge in [0.05, 0.1) is 23.8 Å². The number of hydrogen-bond acceptors (Lipinski definition) is 7. The molecule has 12 heteroatoms. The highest BCUT2D eigenvalue weighted by atomic mass is 31.2. The first kappa shape index (κ1) is 42.4. The molecular weight excluding hydrogens is 703 g/mol. The van der Waals surface area contributed by atoms with Crippen LogP contribution in [0.1, 0.15) is 97.3 Å². The largest absolute Gasteiger partial charge is 0.370 e. The monoisotopic (exact) mass is 760 g/mol. The number of amides is 4. The third kappa shape index (κ3) is 12.9. The average molecular weight is 761 g/mol. The fraction of sp³-hybridized carbons (Fsp3) is 0.476. The van der Waals surface area contributed by atoms with Crippen LogP contribution >= 0.6 is 7.60 Å². The fourth-order valence-corrected chi connectivity index (χ4v) is 9.03. The average Bonchev–Trinajstić information content (AvgIpc) is 3.04.